The van der Waals surface area contributed by atoms with Gasteiger partial charge in [0.15, 0.2) is 5.96 Å². The van der Waals surface area contributed by atoms with Crippen LogP contribution in [0.3, 0.4) is 0 Å². The van der Waals surface area contributed by atoms with Crippen LogP contribution in [0.4, 0.5) is 5.69 Å². The van der Waals surface area contributed by atoms with Crippen LogP contribution in [0.25, 0.3) is 0 Å². The minimum atomic E-state index is 0.322. The Kier molecular flexibility index (Phi) is 7.35. The zero-order valence-electron chi connectivity index (χ0n) is 17.8. The largest absolute Gasteiger partial charge is 0.356 e. The molecule has 0 saturated carbocycles. The molecule has 3 rings (SSSR count). The Bertz CT molecular complexity index is 683. The molecule has 1 aromatic carbocycles. The SMILES string of the molecule is CCNC(=NCC(CC)CC)N1CC(CCN2CCCC2=O)c2ccccc21. The van der Waals surface area contributed by atoms with Gasteiger partial charge in [-0.3, -0.25) is 9.79 Å². The topological polar surface area (TPSA) is 47.9 Å². The molecule has 154 valence electrons. The molecule has 28 heavy (non-hydrogen) atoms. The summed E-state index contributed by atoms with van der Waals surface area (Å²) in [6, 6.07) is 8.70. The molecule has 2 aliphatic rings. The molecule has 0 radical (unpaired) electrons. The van der Waals surface area contributed by atoms with Crippen LogP contribution < -0.4 is 10.2 Å². The summed E-state index contributed by atoms with van der Waals surface area (Å²) in [6.45, 7) is 11.1. The number of para-hydroxylation sites is 1. The van der Waals surface area contributed by atoms with Crippen LogP contribution in [0.15, 0.2) is 29.3 Å². The van der Waals surface area contributed by atoms with Gasteiger partial charge in [0.1, 0.15) is 0 Å². The van der Waals surface area contributed by atoms with E-state index in [-0.39, 0.29) is 0 Å². The van der Waals surface area contributed by atoms with Crippen molar-refractivity contribution in [2.24, 2.45) is 10.9 Å². The number of benzene rings is 1. The van der Waals surface area contributed by atoms with E-state index in [1.54, 1.807) is 0 Å². The van der Waals surface area contributed by atoms with Crippen LogP contribution in [0, 0.1) is 5.92 Å². The second-order valence-electron chi connectivity index (χ2n) is 8.02. The van der Waals surface area contributed by atoms with E-state index in [0.717, 1.165) is 57.9 Å². The summed E-state index contributed by atoms with van der Waals surface area (Å²) in [5, 5.41) is 3.51. The molecule has 1 amide bonds. The number of fused-ring (bicyclic) bond motifs is 1. The van der Waals surface area contributed by atoms with Crippen molar-refractivity contribution in [2.75, 3.05) is 37.6 Å². The van der Waals surface area contributed by atoms with Gasteiger partial charge in [-0.05, 0) is 37.3 Å². The number of guanidine groups is 1. The summed E-state index contributed by atoms with van der Waals surface area (Å²) in [5.41, 5.74) is 2.66. The third-order valence-electron chi connectivity index (χ3n) is 6.23. The van der Waals surface area contributed by atoms with E-state index in [9.17, 15) is 4.79 Å². The summed E-state index contributed by atoms with van der Waals surface area (Å²) in [6.07, 6.45) is 5.09. The normalized spacial score (nSPS) is 19.6. The first-order valence-corrected chi connectivity index (χ1v) is 11.1. The Morgan fingerprint density at radius 1 is 1.25 bits per heavy atom. The fourth-order valence-electron chi connectivity index (χ4n) is 4.35. The van der Waals surface area contributed by atoms with Gasteiger partial charge in [0.25, 0.3) is 0 Å². The predicted octanol–water partition coefficient (Wildman–Crippen LogP) is 4.00. The third kappa shape index (κ3) is 4.68. The molecule has 5 nitrogen and oxygen atoms in total. The minimum absolute atomic E-state index is 0.322. The highest BCUT2D eigenvalue weighted by Crippen LogP contribution is 2.38. The van der Waals surface area contributed by atoms with Crippen LogP contribution >= 0.6 is 0 Å². The number of nitrogens with one attached hydrogen (secondary N) is 1. The van der Waals surface area contributed by atoms with Crippen LogP contribution in [0.1, 0.15) is 64.4 Å². The Labute approximate surface area is 170 Å². The fourth-order valence-corrected chi connectivity index (χ4v) is 4.35. The number of nitrogens with zero attached hydrogens (tertiary/aromatic N) is 3. The Hall–Kier alpha value is -2.04. The molecular weight excluding hydrogens is 348 g/mol. The summed E-state index contributed by atoms with van der Waals surface area (Å²) >= 11 is 0. The average molecular weight is 385 g/mol. The van der Waals surface area contributed by atoms with Crippen molar-refractivity contribution in [3.63, 3.8) is 0 Å². The molecule has 1 saturated heterocycles. The van der Waals surface area contributed by atoms with E-state index < -0.39 is 0 Å². The molecule has 1 unspecified atom stereocenters. The summed E-state index contributed by atoms with van der Waals surface area (Å²) in [4.78, 5) is 21.4. The second-order valence-corrected chi connectivity index (χ2v) is 8.02. The molecule has 0 bridgehead atoms. The summed E-state index contributed by atoms with van der Waals surface area (Å²) in [7, 11) is 0. The number of carbonyl (C=O) groups is 1. The lowest BCUT2D eigenvalue weighted by atomic mass is 9.98. The average Bonchev–Trinajstić information content (AvgIpc) is 3.29. The second kappa shape index (κ2) is 9.94. The Balaban J connectivity index is 1.75. The zero-order chi connectivity index (χ0) is 19.9. The fraction of sp³-hybridized carbons (Fsp3) is 0.652. The molecule has 5 heteroatoms. The van der Waals surface area contributed by atoms with Gasteiger partial charge in [-0.25, -0.2) is 0 Å². The van der Waals surface area contributed by atoms with Crippen LogP contribution in [0.2, 0.25) is 0 Å². The number of hydrogen-bond donors (Lipinski definition) is 1. The maximum absolute atomic E-state index is 12.0. The van der Waals surface area contributed by atoms with Crippen molar-refractivity contribution in [1.82, 2.24) is 10.2 Å². The lowest BCUT2D eigenvalue weighted by Gasteiger charge is -2.24. The summed E-state index contributed by atoms with van der Waals surface area (Å²) < 4.78 is 0. The number of hydrogen-bond acceptors (Lipinski definition) is 2. The Morgan fingerprint density at radius 2 is 2.04 bits per heavy atom. The number of anilines is 1. The van der Waals surface area contributed by atoms with Gasteiger partial charge in [-0.15, -0.1) is 0 Å². The molecule has 0 aromatic heterocycles. The molecule has 1 fully saturated rings. The smallest absolute Gasteiger partial charge is 0.222 e. The number of aliphatic imine (C=N–C) groups is 1. The number of amides is 1. The van der Waals surface area contributed by atoms with Crippen LogP contribution in [0.5, 0.6) is 0 Å². The van der Waals surface area contributed by atoms with E-state index in [1.165, 1.54) is 24.1 Å². The maximum atomic E-state index is 12.0. The highest BCUT2D eigenvalue weighted by atomic mass is 16.2. The van der Waals surface area contributed by atoms with Gasteiger partial charge < -0.3 is 15.1 Å². The third-order valence-corrected chi connectivity index (χ3v) is 6.23. The molecule has 1 N–H and O–H groups in total. The highest BCUT2D eigenvalue weighted by Gasteiger charge is 2.32. The van der Waals surface area contributed by atoms with Gasteiger partial charge in [0, 0.05) is 50.7 Å². The molecule has 1 atom stereocenters. The zero-order valence-corrected chi connectivity index (χ0v) is 17.8. The summed E-state index contributed by atoms with van der Waals surface area (Å²) in [5.74, 6) is 2.41. The van der Waals surface area contributed by atoms with Crippen LogP contribution in [-0.2, 0) is 4.79 Å². The van der Waals surface area contributed by atoms with E-state index in [1.807, 2.05) is 4.90 Å². The van der Waals surface area contributed by atoms with Gasteiger partial charge in [-0.2, -0.15) is 0 Å². The lowest BCUT2D eigenvalue weighted by Crippen LogP contribution is -2.41. The van der Waals surface area contributed by atoms with Crippen LogP contribution in [-0.4, -0.2) is 49.5 Å². The number of rotatable bonds is 8. The van der Waals surface area contributed by atoms with Crippen molar-refractivity contribution >= 4 is 17.6 Å². The number of likely N-dealkylation sites (tertiary alicyclic amines) is 1. The molecule has 2 aliphatic heterocycles. The Morgan fingerprint density at radius 3 is 2.71 bits per heavy atom. The molecule has 0 spiro atoms. The van der Waals surface area contributed by atoms with Crippen molar-refractivity contribution in [1.29, 1.82) is 0 Å². The standard InChI is InChI=1S/C23H36N4O/c1-4-18(5-2)16-25-23(24-6-3)27-17-19(20-10-7-8-11-21(20)27)13-15-26-14-9-12-22(26)28/h7-8,10-11,18-19H,4-6,9,12-17H2,1-3H3,(H,24,25). The monoisotopic (exact) mass is 384 g/mol. The van der Waals surface area contributed by atoms with Gasteiger partial charge in [0.2, 0.25) is 5.91 Å². The van der Waals surface area contributed by atoms with E-state index in [0.29, 0.717) is 17.7 Å². The predicted molar refractivity (Wildman–Crippen MR) is 117 cm³/mol. The first-order valence-electron chi connectivity index (χ1n) is 11.1. The van der Waals surface area contributed by atoms with Crippen molar-refractivity contribution in [2.45, 2.75) is 58.8 Å². The van der Waals surface area contributed by atoms with Gasteiger partial charge in [-0.1, -0.05) is 44.9 Å². The van der Waals surface area contributed by atoms with Gasteiger partial charge >= 0.3 is 0 Å². The van der Waals surface area contributed by atoms with Crippen molar-refractivity contribution in [3.05, 3.63) is 29.8 Å². The molecule has 1 aromatic rings. The highest BCUT2D eigenvalue weighted by molar-refractivity contribution is 5.98. The van der Waals surface area contributed by atoms with Crippen molar-refractivity contribution in [3.8, 4) is 0 Å². The van der Waals surface area contributed by atoms with E-state index in [2.05, 4.69) is 55.3 Å². The molecule has 0 aliphatic carbocycles. The minimum Gasteiger partial charge on any atom is -0.356 e. The quantitative estimate of drug-likeness (QED) is 0.544. The number of carbonyl (C=O) groups excluding carboxylic acids is 1. The van der Waals surface area contributed by atoms with Crippen molar-refractivity contribution < 1.29 is 4.79 Å². The molecular formula is C23H36N4O. The first-order chi connectivity index (χ1) is 13.7. The maximum Gasteiger partial charge on any atom is 0.222 e. The van der Waals surface area contributed by atoms with Gasteiger partial charge in [0.05, 0.1) is 0 Å². The molecule has 2 heterocycles. The first kappa shape index (κ1) is 20.7. The lowest BCUT2D eigenvalue weighted by molar-refractivity contribution is -0.127. The van der Waals surface area contributed by atoms with E-state index >= 15 is 0 Å². The van der Waals surface area contributed by atoms with E-state index in [4.69, 9.17) is 4.99 Å².